The maximum atomic E-state index is 6.39. The summed E-state index contributed by atoms with van der Waals surface area (Å²) in [7, 11) is 1.78. The number of hydrogen-bond donors (Lipinski definition) is 3. The Morgan fingerprint density at radius 1 is 1.46 bits per heavy atom. The standard InChI is InChI=1S/C19H28N4O/c1-4-14-5-6-15-7-8-24-19(16(15)9-14)10-13(2)22-18(11-19)17(20)12-23(3)21/h4-6,9,12-13,18,22H,1,7-8,10-11,20-21H2,2-3H3/b17-12-/t13-,18-,19-/m0/s1. The summed E-state index contributed by atoms with van der Waals surface area (Å²) >= 11 is 0. The van der Waals surface area contributed by atoms with Crippen LogP contribution in [0.25, 0.3) is 6.08 Å². The van der Waals surface area contributed by atoms with Gasteiger partial charge in [-0.3, -0.25) is 0 Å². The summed E-state index contributed by atoms with van der Waals surface area (Å²) in [6, 6.07) is 6.91. The predicted molar refractivity (Wildman–Crippen MR) is 97.7 cm³/mol. The van der Waals surface area contributed by atoms with E-state index in [1.807, 2.05) is 6.08 Å². The number of ether oxygens (including phenoxy) is 1. The first-order valence-electron chi connectivity index (χ1n) is 8.54. The van der Waals surface area contributed by atoms with Gasteiger partial charge in [0.25, 0.3) is 0 Å². The van der Waals surface area contributed by atoms with E-state index >= 15 is 0 Å². The average Bonchev–Trinajstić information content (AvgIpc) is 2.53. The van der Waals surface area contributed by atoms with E-state index < -0.39 is 0 Å². The first-order valence-corrected chi connectivity index (χ1v) is 8.54. The van der Waals surface area contributed by atoms with Crippen LogP contribution in [0.5, 0.6) is 0 Å². The summed E-state index contributed by atoms with van der Waals surface area (Å²) in [5.74, 6) is 5.73. The quantitative estimate of drug-likeness (QED) is 0.583. The summed E-state index contributed by atoms with van der Waals surface area (Å²) in [6.07, 6.45) is 6.36. The minimum atomic E-state index is -0.298. The fourth-order valence-electron chi connectivity index (χ4n) is 4.04. The molecule has 2 heterocycles. The van der Waals surface area contributed by atoms with E-state index in [-0.39, 0.29) is 11.6 Å². The number of nitrogens with one attached hydrogen (secondary N) is 1. The Labute approximate surface area is 144 Å². The van der Waals surface area contributed by atoms with E-state index in [0.29, 0.717) is 6.04 Å². The van der Waals surface area contributed by atoms with Crippen molar-refractivity contribution in [1.82, 2.24) is 10.3 Å². The highest BCUT2D eigenvalue weighted by atomic mass is 16.5. The molecule has 0 radical (unpaired) electrons. The second-order valence-electron chi connectivity index (χ2n) is 7.04. The van der Waals surface area contributed by atoms with Crippen LogP contribution in [0.4, 0.5) is 0 Å². The molecular formula is C19H28N4O. The zero-order chi connectivity index (χ0) is 17.3. The highest BCUT2D eigenvalue weighted by molar-refractivity contribution is 5.52. The van der Waals surface area contributed by atoms with Gasteiger partial charge >= 0.3 is 0 Å². The number of piperidine rings is 1. The molecule has 0 aliphatic carbocycles. The number of hydrazine groups is 1. The van der Waals surface area contributed by atoms with Crippen molar-refractivity contribution >= 4 is 6.08 Å². The maximum absolute atomic E-state index is 6.39. The molecule has 1 spiro atoms. The molecule has 0 amide bonds. The van der Waals surface area contributed by atoms with Crippen molar-refractivity contribution in [3.05, 3.63) is 53.4 Å². The maximum Gasteiger partial charge on any atom is 0.0967 e. The summed E-state index contributed by atoms with van der Waals surface area (Å²) in [4.78, 5) is 0. The summed E-state index contributed by atoms with van der Waals surface area (Å²) < 4.78 is 6.39. The van der Waals surface area contributed by atoms with Gasteiger partial charge in [0.1, 0.15) is 0 Å². The minimum absolute atomic E-state index is 0.0399. The van der Waals surface area contributed by atoms with Gasteiger partial charge in [-0.15, -0.1) is 0 Å². The van der Waals surface area contributed by atoms with Gasteiger partial charge in [-0.25, -0.2) is 5.84 Å². The molecule has 0 saturated carbocycles. The molecule has 1 aromatic carbocycles. The van der Waals surface area contributed by atoms with Gasteiger partial charge in [-0.05, 0) is 42.5 Å². The van der Waals surface area contributed by atoms with Gasteiger partial charge in [0, 0.05) is 31.4 Å². The minimum Gasteiger partial charge on any atom is -0.400 e. The van der Waals surface area contributed by atoms with Crippen molar-refractivity contribution in [2.24, 2.45) is 11.6 Å². The summed E-state index contributed by atoms with van der Waals surface area (Å²) in [5, 5.41) is 5.07. The van der Waals surface area contributed by atoms with Crippen LogP contribution in [0.15, 0.2) is 36.7 Å². The van der Waals surface area contributed by atoms with Crippen LogP contribution >= 0.6 is 0 Å². The van der Waals surface area contributed by atoms with Crippen molar-refractivity contribution < 1.29 is 4.74 Å². The molecule has 0 aromatic heterocycles. The Balaban J connectivity index is 2.00. The number of benzene rings is 1. The number of nitrogens with two attached hydrogens (primary N) is 2. The van der Waals surface area contributed by atoms with E-state index in [9.17, 15) is 0 Å². The zero-order valence-electron chi connectivity index (χ0n) is 14.6. The molecule has 1 aromatic rings. The third kappa shape index (κ3) is 3.20. The summed E-state index contributed by atoms with van der Waals surface area (Å²) in [5.41, 5.74) is 10.5. The van der Waals surface area contributed by atoms with Gasteiger partial charge in [0.2, 0.25) is 0 Å². The molecule has 0 unspecified atom stereocenters. The second-order valence-corrected chi connectivity index (χ2v) is 7.04. The lowest BCUT2D eigenvalue weighted by Gasteiger charge is -2.47. The largest absolute Gasteiger partial charge is 0.400 e. The lowest BCUT2D eigenvalue weighted by molar-refractivity contribution is -0.0950. The van der Waals surface area contributed by atoms with Crippen molar-refractivity contribution in [2.45, 2.75) is 43.9 Å². The fourth-order valence-corrected chi connectivity index (χ4v) is 4.04. The highest BCUT2D eigenvalue weighted by Crippen LogP contribution is 2.44. The third-order valence-electron chi connectivity index (χ3n) is 5.02. The lowest BCUT2D eigenvalue weighted by Crippen LogP contribution is -2.55. The van der Waals surface area contributed by atoms with Crippen LogP contribution in [0.1, 0.15) is 36.5 Å². The van der Waals surface area contributed by atoms with Crippen molar-refractivity contribution in [3.63, 3.8) is 0 Å². The number of hydrogen-bond acceptors (Lipinski definition) is 5. The van der Waals surface area contributed by atoms with E-state index in [1.165, 1.54) is 16.1 Å². The number of nitrogens with zero attached hydrogens (tertiary/aromatic N) is 1. The summed E-state index contributed by atoms with van der Waals surface area (Å²) in [6.45, 7) is 6.84. The molecule has 5 heteroatoms. The van der Waals surface area contributed by atoms with E-state index in [1.54, 1.807) is 13.2 Å². The first kappa shape index (κ1) is 17.0. The molecule has 5 nitrogen and oxygen atoms in total. The third-order valence-corrected chi connectivity index (χ3v) is 5.02. The lowest BCUT2D eigenvalue weighted by atomic mass is 9.74. The highest BCUT2D eigenvalue weighted by Gasteiger charge is 2.45. The number of rotatable bonds is 3. The Morgan fingerprint density at radius 3 is 2.96 bits per heavy atom. The van der Waals surface area contributed by atoms with Crippen LogP contribution in [0.3, 0.4) is 0 Å². The van der Waals surface area contributed by atoms with E-state index in [0.717, 1.165) is 37.1 Å². The smallest absolute Gasteiger partial charge is 0.0967 e. The number of fused-ring (bicyclic) bond motifs is 2. The molecule has 2 aliphatic rings. The molecule has 0 bridgehead atoms. The fraction of sp³-hybridized carbons (Fsp3) is 0.474. The van der Waals surface area contributed by atoms with Gasteiger partial charge in [0.05, 0.1) is 18.2 Å². The van der Waals surface area contributed by atoms with Crippen LogP contribution in [-0.4, -0.2) is 30.7 Å². The Bertz CT molecular complexity index is 655. The Hall–Kier alpha value is -1.82. The molecule has 3 rings (SSSR count). The molecular weight excluding hydrogens is 300 g/mol. The monoisotopic (exact) mass is 328 g/mol. The normalized spacial score (nSPS) is 30.0. The van der Waals surface area contributed by atoms with Crippen molar-refractivity contribution in [1.29, 1.82) is 0 Å². The van der Waals surface area contributed by atoms with Crippen molar-refractivity contribution in [2.75, 3.05) is 13.7 Å². The Morgan fingerprint density at radius 2 is 2.25 bits per heavy atom. The van der Waals surface area contributed by atoms with Crippen LogP contribution in [-0.2, 0) is 16.8 Å². The molecule has 1 saturated heterocycles. The van der Waals surface area contributed by atoms with Gasteiger partial charge in [0.15, 0.2) is 0 Å². The zero-order valence-corrected chi connectivity index (χ0v) is 14.6. The second kappa shape index (κ2) is 6.59. The average molecular weight is 328 g/mol. The van der Waals surface area contributed by atoms with Crippen LogP contribution in [0, 0.1) is 0 Å². The van der Waals surface area contributed by atoms with Gasteiger partial charge < -0.3 is 20.8 Å². The SMILES string of the molecule is C=Cc1ccc2c(c1)[C@]1(C[C@@H](/C(N)=C/N(C)N)N[C@@H](C)C1)OCC2. The van der Waals surface area contributed by atoms with Gasteiger partial charge in [-0.1, -0.05) is 24.8 Å². The molecule has 24 heavy (non-hydrogen) atoms. The van der Waals surface area contributed by atoms with E-state index in [4.69, 9.17) is 16.3 Å². The van der Waals surface area contributed by atoms with E-state index in [2.05, 4.69) is 37.0 Å². The van der Waals surface area contributed by atoms with Crippen molar-refractivity contribution in [3.8, 4) is 0 Å². The first-order chi connectivity index (χ1) is 11.4. The molecule has 3 atom stereocenters. The Kier molecular flexibility index (Phi) is 4.67. The topological polar surface area (TPSA) is 76.5 Å². The van der Waals surface area contributed by atoms with Crippen LogP contribution in [0.2, 0.25) is 0 Å². The molecule has 5 N–H and O–H groups in total. The van der Waals surface area contributed by atoms with Crippen LogP contribution < -0.4 is 16.9 Å². The predicted octanol–water partition coefficient (Wildman–Crippen LogP) is 1.84. The van der Waals surface area contributed by atoms with Gasteiger partial charge in [-0.2, -0.15) is 0 Å². The molecule has 1 fully saturated rings. The molecule has 130 valence electrons. The molecule has 2 aliphatic heterocycles.